The number of rotatable bonds is 5. The van der Waals surface area contributed by atoms with Gasteiger partial charge in [-0.2, -0.15) is 0 Å². The predicted molar refractivity (Wildman–Crippen MR) is 98.4 cm³/mol. The van der Waals surface area contributed by atoms with Gasteiger partial charge in [-0.25, -0.2) is 13.4 Å². The molecule has 0 aliphatic carbocycles. The van der Waals surface area contributed by atoms with Crippen LogP contribution >= 0.6 is 11.6 Å². The van der Waals surface area contributed by atoms with E-state index in [1.807, 2.05) is 12.1 Å². The number of benzene rings is 2. The highest BCUT2D eigenvalue weighted by atomic mass is 35.5. The van der Waals surface area contributed by atoms with Crippen molar-refractivity contribution in [3.8, 4) is 0 Å². The molecule has 0 radical (unpaired) electrons. The maximum atomic E-state index is 12.4. The van der Waals surface area contributed by atoms with Crippen LogP contribution in [0, 0.1) is 0 Å². The van der Waals surface area contributed by atoms with E-state index in [4.69, 9.17) is 11.6 Å². The molecule has 0 saturated heterocycles. The van der Waals surface area contributed by atoms with Gasteiger partial charge in [0.2, 0.25) is 5.91 Å². The SMILES string of the molecule is CS(=O)(=O)Cc1nc2ccccc2n1CC(=O)Nc1cccc(Cl)c1. The van der Waals surface area contributed by atoms with Gasteiger partial charge in [0.15, 0.2) is 9.84 Å². The fourth-order valence-electron chi connectivity index (χ4n) is 2.56. The number of carbonyl (C=O) groups excluding carboxylic acids is 1. The molecule has 3 rings (SSSR count). The fourth-order valence-corrected chi connectivity index (χ4v) is 3.44. The van der Waals surface area contributed by atoms with Gasteiger partial charge in [-0.3, -0.25) is 4.79 Å². The third-order valence-corrected chi connectivity index (χ3v) is 4.55. The average Bonchev–Trinajstić information content (AvgIpc) is 2.83. The number of nitrogens with one attached hydrogen (secondary N) is 1. The largest absolute Gasteiger partial charge is 0.324 e. The summed E-state index contributed by atoms with van der Waals surface area (Å²) in [5, 5.41) is 3.27. The van der Waals surface area contributed by atoms with Crippen molar-refractivity contribution in [1.29, 1.82) is 0 Å². The molecular weight excluding hydrogens is 362 g/mol. The third kappa shape index (κ3) is 4.37. The highest BCUT2D eigenvalue weighted by molar-refractivity contribution is 7.89. The number of sulfone groups is 1. The Kier molecular flexibility index (Phi) is 4.78. The molecule has 0 spiro atoms. The van der Waals surface area contributed by atoms with Crippen molar-refractivity contribution in [2.24, 2.45) is 0 Å². The predicted octanol–water partition coefficient (Wildman–Crippen LogP) is 2.87. The summed E-state index contributed by atoms with van der Waals surface area (Å²) in [6.45, 7) is -0.0438. The molecule has 0 atom stereocenters. The number of nitrogens with zero attached hydrogens (tertiary/aromatic N) is 2. The van der Waals surface area contributed by atoms with E-state index in [1.165, 1.54) is 0 Å². The number of carbonyl (C=O) groups is 1. The second-order valence-corrected chi connectivity index (χ2v) is 8.31. The zero-order valence-electron chi connectivity index (χ0n) is 13.4. The molecule has 0 fully saturated rings. The molecule has 6 nitrogen and oxygen atoms in total. The summed E-state index contributed by atoms with van der Waals surface area (Å²) in [7, 11) is -3.28. The Morgan fingerprint density at radius 1 is 1.20 bits per heavy atom. The highest BCUT2D eigenvalue weighted by Gasteiger charge is 2.17. The smallest absolute Gasteiger partial charge is 0.244 e. The van der Waals surface area contributed by atoms with Gasteiger partial charge in [-0.1, -0.05) is 29.8 Å². The first-order chi connectivity index (χ1) is 11.8. The number of amides is 1. The zero-order chi connectivity index (χ0) is 18.0. The van der Waals surface area contributed by atoms with Gasteiger partial charge in [-0.05, 0) is 30.3 Å². The highest BCUT2D eigenvalue weighted by Crippen LogP contribution is 2.19. The lowest BCUT2D eigenvalue weighted by molar-refractivity contribution is -0.116. The lowest BCUT2D eigenvalue weighted by atomic mass is 10.3. The molecule has 8 heteroatoms. The first kappa shape index (κ1) is 17.4. The van der Waals surface area contributed by atoms with E-state index >= 15 is 0 Å². The van der Waals surface area contributed by atoms with Crippen LogP contribution in [0.1, 0.15) is 5.82 Å². The first-order valence-corrected chi connectivity index (χ1v) is 9.93. The van der Waals surface area contributed by atoms with Crippen molar-refractivity contribution < 1.29 is 13.2 Å². The lowest BCUT2D eigenvalue weighted by Gasteiger charge is -2.10. The second-order valence-electron chi connectivity index (χ2n) is 5.73. The van der Waals surface area contributed by atoms with E-state index in [0.717, 1.165) is 6.26 Å². The van der Waals surface area contributed by atoms with Gasteiger partial charge in [-0.15, -0.1) is 0 Å². The molecule has 0 aliphatic heterocycles. The monoisotopic (exact) mass is 377 g/mol. The van der Waals surface area contributed by atoms with Crippen molar-refractivity contribution in [3.63, 3.8) is 0 Å². The molecule has 3 aromatic rings. The Hall–Kier alpha value is -2.38. The van der Waals surface area contributed by atoms with E-state index in [-0.39, 0.29) is 18.2 Å². The van der Waals surface area contributed by atoms with Crippen LogP contribution in [-0.2, 0) is 26.9 Å². The summed E-state index contributed by atoms with van der Waals surface area (Å²) in [5.74, 6) is -0.184. The number of aromatic nitrogens is 2. The van der Waals surface area contributed by atoms with Crippen LogP contribution in [-0.4, -0.2) is 30.1 Å². The zero-order valence-corrected chi connectivity index (χ0v) is 15.0. The molecule has 25 heavy (non-hydrogen) atoms. The van der Waals surface area contributed by atoms with Gasteiger partial charge in [0.05, 0.1) is 11.0 Å². The first-order valence-electron chi connectivity index (χ1n) is 7.49. The number of anilines is 1. The Labute approximate surface area is 150 Å². The molecule has 0 unspecified atom stereocenters. The summed E-state index contributed by atoms with van der Waals surface area (Å²) in [6, 6.07) is 14.0. The van der Waals surface area contributed by atoms with Crippen LogP contribution in [0.3, 0.4) is 0 Å². The van der Waals surface area contributed by atoms with E-state index in [0.29, 0.717) is 27.6 Å². The minimum absolute atomic E-state index is 0.0438. The van der Waals surface area contributed by atoms with Crippen molar-refractivity contribution in [2.45, 2.75) is 12.3 Å². The van der Waals surface area contributed by atoms with Crippen LogP contribution in [0.2, 0.25) is 5.02 Å². The van der Waals surface area contributed by atoms with Crippen LogP contribution in [0.4, 0.5) is 5.69 Å². The molecule has 1 amide bonds. The Morgan fingerprint density at radius 3 is 2.68 bits per heavy atom. The molecule has 0 aliphatic rings. The number of imidazole rings is 1. The molecule has 2 aromatic carbocycles. The van der Waals surface area contributed by atoms with Crippen LogP contribution < -0.4 is 5.32 Å². The average molecular weight is 378 g/mol. The topological polar surface area (TPSA) is 81.1 Å². The Balaban J connectivity index is 1.91. The van der Waals surface area contributed by atoms with Gasteiger partial charge < -0.3 is 9.88 Å². The van der Waals surface area contributed by atoms with Crippen LogP contribution in [0.15, 0.2) is 48.5 Å². The number of halogens is 1. The van der Waals surface area contributed by atoms with Crippen molar-refractivity contribution >= 4 is 44.1 Å². The molecule has 0 bridgehead atoms. The van der Waals surface area contributed by atoms with E-state index in [9.17, 15) is 13.2 Å². The minimum Gasteiger partial charge on any atom is -0.324 e. The summed E-state index contributed by atoms with van der Waals surface area (Å²) in [6.07, 6.45) is 1.14. The third-order valence-electron chi connectivity index (χ3n) is 3.53. The standard InChI is InChI=1S/C17H16ClN3O3S/c1-25(23,24)11-16-20-14-7-2-3-8-15(14)21(16)10-17(22)19-13-6-4-5-12(18)9-13/h2-9H,10-11H2,1H3,(H,19,22). The van der Waals surface area contributed by atoms with Gasteiger partial charge in [0, 0.05) is 17.0 Å². The van der Waals surface area contributed by atoms with Crippen molar-refractivity contribution in [3.05, 3.63) is 59.4 Å². The maximum Gasteiger partial charge on any atom is 0.244 e. The van der Waals surface area contributed by atoms with Gasteiger partial charge in [0.1, 0.15) is 18.1 Å². The number of hydrogen-bond acceptors (Lipinski definition) is 4. The molecule has 1 N–H and O–H groups in total. The van der Waals surface area contributed by atoms with E-state index in [2.05, 4.69) is 10.3 Å². The van der Waals surface area contributed by atoms with Crippen LogP contribution in [0.5, 0.6) is 0 Å². The maximum absolute atomic E-state index is 12.4. The fraction of sp³-hybridized carbons (Fsp3) is 0.176. The lowest BCUT2D eigenvalue weighted by Crippen LogP contribution is -2.21. The molecule has 1 aromatic heterocycles. The molecular formula is C17H16ClN3O3S. The number of hydrogen-bond donors (Lipinski definition) is 1. The summed E-state index contributed by atoms with van der Waals surface area (Å²) in [4.78, 5) is 16.8. The van der Waals surface area contributed by atoms with E-state index < -0.39 is 9.84 Å². The van der Waals surface area contributed by atoms with Crippen molar-refractivity contribution in [2.75, 3.05) is 11.6 Å². The van der Waals surface area contributed by atoms with Crippen molar-refractivity contribution in [1.82, 2.24) is 9.55 Å². The Bertz CT molecular complexity index is 1040. The summed E-state index contributed by atoms with van der Waals surface area (Å²) in [5.41, 5.74) is 1.94. The van der Waals surface area contributed by atoms with Gasteiger partial charge in [0.25, 0.3) is 0 Å². The quantitative estimate of drug-likeness (QED) is 0.741. The normalized spacial score (nSPS) is 11.6. The molecule has 0 saturated carbocycles. The second kappa shape index (κ2) is 6.85. The van der Waals surface area contributed by atoms with Crippen LogP contribution in [0.25, 0.3) is 11.0 Å². The molecule has 1 heterocycles. The summed E-state index contributed by atoms with van der Waals surface area (Å²) < 4.78 is 25.0. The van der Waals surface area contributed by atoms with E-state index in [1.54, 1.807) is 41.0 Å². The number of para-hydroxylation sites is 2. The number of fused-ring (bicyclic) bond motifs is 1. The minimum atomic E-state index is -3.28. The summed E-state index contributed by atoms with van der Waals surface area (Å²) >= 11 is 5.91. The van der Waals surface area contributed by atoms with Gasteiger partial charge >= 0.3 is 0 Å². The Morgan fingerprint density at radius 2 is 1.96 bits per heavy atom. The molecule has 130 valence electrons.